The zero-order chi connectivity index (χ0) is 13.9. The van der Waals surface area contributed by atoms with Gasteiger partial charge >= 0.3 is 12.1 Å². The van der Waals surface area contributed by atoms with Gasteiger partial charge in [0, 0.05) is 0 Å². The minimum absolute atomic E-state index is 0.00120. The first kappa shape index (κ1) is 13.8. The Balaban J connectivity index is 2.12. The third kappa shape index (κ3) is 3.22. The summed E-state index contributed by atoms with van der Waals surface area (Å²) in [5.74, 6) is -1.66. The van der Waals surface area contributed by atoms with Crippen LogP contribution in [0.3, 0.4) is 0 Å². The van der Waals surface area contributed by atoms with Gasteiger partial charge in [0.25, 0.3) is 0 Å². The molecule has 0 N–H and O–H groups in total. The summed E-state index contributed by atoms with van der Waals surface area (Å²) in [6.07, 6.45) is 0.0389. The van der Waals surface area contributed by atoms with Crippen molar-refractivity contribution in [3.05, 3.63) is 29.3 Å². The molecule has 1 aliphatic rings. The molecule has 0 atom stereocenters. The van der Waals surface area contributed by atoms with Crippen LogP contribution in [0.5, 0.6) is 5.75 Å². The van der Waals surface area contributed by atoms with E-state index in [0.29, 0.717) is 0 Å². The van der Waals surface area contributed by atoms with Crippen LogP contribution in [0.1, 0.15) is 30.9 Å². The Bertz CT molecular complexity index is 472. The van der Waals surface area contributed by atoms with Gasteiger partial charge in [0.05, 0.1) is 6.61 Å². The van der Waals surface area contributed by atoms with Crippen molar-refractivity contribution in [2.75, 3.05) is 6.61 Å². The molecule has 19 heavy (non-hydrogen) atoms. The summed E-state index contributed by atoms with van der Waals surface area (Å²) in [6.45, 7) is 1.36. The molecule has 5 heteroatoms. The van der Waals surface area contributed by atoms with Crippen LogP contribution in [0.2, 0.25) is 0 Å². The Labute approximate surface area is 110 Å². The molecule has 3 nitrogen and oxygen atoms in total. The molecule has 0 spiro atoms. The summed E-state index contributed by atoms with van der Waals surface area (Å²) in [6, 6.07) is 4.84. The molecule has 0 saturated heterocycles. The average Bonchev–Trinajstić information content (AvgIpc) is 2.38. The number of hydrogen-bond donors (Lipinski definition) is 0. The summed E-state index contributed by atoms with van der Waals surface area (Å²) in [4.78, 5) is 11.1. The molecule has 0 heterocycles. The lowest BCUT2D eigenvalue weighted by atomic mass is 9.92. The van der Waals surface area contributed by atoms with Crippen molar-refractivity contribution >= 4 is 5.97 Å². The van der Waals surface area contributed by atoms with Crippen molar-refractivity contribution in [1.82, 2.24) is 0 Å². The first-order chi connectivity index (χ1) is 9.03. The van der Waals surface area contributed by atoms with E-state index in [4.69, 9.17) is 0 Å². The lowest BCUT2D eigenvalue weighted by molar-refractivity contribution is -0.216. The summed E-state index contributed by atoms with van der Waals surface area (Å²) in [5.41, 5.74) is 2.18. The van der Waals surface area contributed by atoms with Gasteiger partial charge < -0.3 is 9.47 Å². The van der Waals surface area contributed by atoms with Gasteiger partial charge in [-0.15, -0.1) is 0 Å². The standard InChI is InChI=1S/C14H16F2O3/c1-2-18-13(17)14(15,16)19-12-8-7-10-5-3-4-6-11(10)9-12/h7-9H,2-6H2,1H3. The number of ether oxygens (including phenoxy) is 2. The molecular weight excluding hydrogens is 254 g/mol. The van der Waals surface area contributed by atoms with Gasteiger partial charge in [0.1, 0.15) is 5.75 Å². The van der Waals surface area contributed by atoms with Crippen LogP contribution in [0, 0.1) is 0 Å². The lowest BCUT2D eigenvalue weighted by Crippen LogP contribution is -2.36. The highest BCUT2D eigenvalue weighted by molar-refractivity contribution is 5.76. The molecule has 1 aromatic carbocycles. The minimum atomic E-state index is -3.95. The highest BCUT2D eigenvalue weighted by Gasteiger charge is 2.44. The van der Waals surface area contributed by atoms with E-state index in [-0.39, 0.29) is 12.4 Å². The van der Waals surface area contributed by atoms with Gasteiger partial charge in [0.15, 0.2) is 0 Å². The quantitative estimate of drug-likeness (QED) is 0.789. The van der Waals surface area contributed by atoms with E-state index in [1.54, 1.807) is 12.1 Å². The second-order valence-electron chi connectivity index (χ2n) is 4.48. The largest absolute Gasteiger partial charge is 0.502 e. The first-order valence-electron chi connectivity index (χ1n) is 6.39. The monoisotopic (exact) mass is 270 g/mol. The number of aryl methyl sites for hydroxylation is 2. The molecule has 0 fully saturated rings. The van der Waals surface area contributed by atoms with Crippen molar-refractivity contribution in [3.8, 4) is 5.75 Å². The third-order valence-electron chi connectivity index (χ3n) is 3.08. The maximum Gasteiger partial charge on any atom is 0.502 e. The van der Waals surface area contributed by atoms with Crippen molar-refractivity contribution in [2.24, 2.45) is 0 Å². The highest BCUT2D eigenvalue weighted by atomic mass is 19.3. The Kier molecular flexibility index (Phi) is 4.02. The first-order valence-corrected chi connectivity index (χ1v) is 6.39. The SMILES string of the molecule is CCOC(=O)C(F)(F)Oc1ccc2c(c1)CCCC2. The van der Waals surface area contributed by atoms with Gasteiger partial charge in [-0.1, -0.05) is 6.07 Å². The number of fused-ring (bicyclic) bond motifs is 1. The third-order valence-corrected chi connectivity index (χ3v) is 3.08. The predicted octanol–water partition coefficient (Wildman–Crippen LogP) is 3.10. The fourth-order valence-corrected chi connectivity index (χ4v) is 2.18. The summed E-state index contributed by atoms with van der Waals surface area (Å²) < 4.78 is 35.6. The number of carbonyl (C=O) groups is 1. The van der Waals surface area contributed by atoms with Crippen LogP contribution >= 0.6 is 0 Å². The minimum Gasteiger partial charge on any atom is -0.459 e. The number of carbonyl (C=O) groups excluding carboxylic acids is 1. The Morgan fingerprint density at radius 3 is 2.63 bits per heavy atom. The van der Waals surface area contributed by atoms with Gasteiger partial charge in [-0.2, -0.15) is 8.78 Å². The smallest absolute Gasteiger partial charge is 0.459 e. The Morgan fingerprint density at radius 1 is 1.26 bits per heavy atom. The van der Waals surface area contributed by atoms with Crippen LogP contribution in [0.15, 0.2) is 18.2 Å². The molecule has 0 amide bonds. The van der Waals surface area contributed by atoms with E-state index in [0.717, 1.165) is 36.8 Å². The van der Waals surface area contributed by atoms with E-state index in [2.05, 4.69) is 9.47 Å². The molecule has 0 bridgehead atoms. The van der Waals surface area contributed by atoms with Crippen LogP contribution in [0.25, 0.3) is 0 Å². The van der Waals surface area contributed by atoms with Gasteiger partial charge in [-0.3, -0.25) is 0 Å². The summed E-state index contributed by atoms with van der Waals surface area (Å²) in [5, 5.41) is 0. The maximum atomic E-state index is 13.4. The Morgan fingerprint density at radius 2 is 1.95 bits per heavy atom. The number of hydrogen-bond acceptors (Lipinski definition) is 3. The predicted molar refractivity (Wildman–Crippen MR) is 65.3 cm³/mol. The summed E-state index contributed by atoms with van der Waals surface area (Å²) in [7, 11) is 0. The van der Waals surface area contributed by atoms with Crippen LogP contribution < -0.4 is 4.74 Å². The topological polar surface area (TPSA) is 35.5 Å². The average molecular weight is 270 g/mol. The number of alkyl halides is 2. The van der Waals surface area contributed by atoms with Crippen molar-refractivity contribution < 1.29 is 23.0 Å². The molecule has 2 rings (SSSR count). The maximum absolute atomic E-state index is 13.4. The molecule has 0 radical (unpaired) electrons. The molecule has 0 aromatic heterocycles. The van der Waals surface area contributed by atoms with E-state index in [1.165, 1.54) is 13.0 Å². The van der Waals surface area contributed by atoms with Gasteiger partial charge in [-0.25, -0.2) is 4.79 Å². The van der Waals surface area contributed by atoms with Crippen molar-refractivity contribution in [1.29, 1.82) is 0 Å². The van der Waals surface area contributed by atoms with Gasteiger partial charge in [-0.05, 0) is 55.9 Å². The molecule has 0 unspecified atom stereocenters. The second kappa shape index (κ2) is 5.55. The lowest BCUT2D eigenvalue weighted by Gasteiger charge is -2.19. The molecule has 1 aliphatic carbocycles. The normalized spacial score (nSPS) is 14.7. The molecule has 0 aliphatic heterocycles. The molecule has 1 aromatic rings. The van der Waals surface area contributed by atoms with Crippen LogP contribution in [-0.4, -0.2) is 18.7 Å². The zero-order valence-electron chi connectivity index (χ0n) is 10.7. The fourth-order valence-electron chi connectivity index (χ4n) is 2.18. The van der Waals surface area contributed by atoms with Gasteiger partial charge in [0.2, 0.25) is 0 Å². The zero-order valence-corrected chi connectivity index (χ0v) is 10.7. The van der Waals surface area contributed by atoms with E-state index in [1.807, 2.05) is 0 Å². The van der Waals surface area contributed by atoms with E-state index < -0.39 is 12.1 Å². The van der Waals surface area contributed by atoms with Crippen LogP contribution in [0.4, 0.5) is 8.78 Å². The molecule has 104 valence electrons. The second-order valence-corrected chi connectivity index (χ2v) is 4.48. The number of esters is 1. The molecular formula is C14H16F2O3. The number of halogens is 2. The number of benzene rings is 1. The fraction of sp³-hybridized carbons (Fsp3) is 0.500. The van der Waals surface area contributed by atoms with Crippen molar-refractivity contribution in [3.63, 3.8) is 0 Å². The highest BCUT2D eigenvalue weighted by Crippen LogP contribution is 2.28. The van der Waals surface area contributed by atoms with Crippen LogP contribution in [-0.2, 0) is 22.4 Å². The number of rotatable bonds is 4. The van der Waals surface area contributed by atoms with E-state index >= 15 is 0 Å². The Hall–Kier alpha value is -1.65. The van der Waals surface area contributed by atoms with Crippen molar-refractivity contribution in [2.45, 2.75) is 38.7 Å². The molecule has 0 saturated carbocycles. The van der Waals surface area contributed by atoms with E-state index in [9.17, 15) is 13.6 Å². The summed E-state index contributed by atoms with van der Waals surface area (Å²) >= 11 is 0.